The summed E-state index contributed by atoms with van der Waals surface area (Å²) in [5.74, 6) is -0.622. The number of likely N-dealkylation sites (N-methyl/N-ethyl adjacent to an activating group) is 1. The van der Waals surface area contributed by atoms with Crippen molar-refractivity contribution in [1.29, 1.82) is 0 Å². The number of nitrogens with two attached hydrogens (primary N) is 1. The van der Waals surface area contributed by atoms with Crippen molar-refractivity contribution >= 4 is 15.7 Å². The Labute approximate surface area is 107 Å². The van der Waals surface area contributed by atoms with Crippen molar-refractivity contribution in [2.75, 3.05) is 32.9 Å². The SMILES string of the molecule is Cc1c(N)cc(S(=O)(=O)NCCN(C)C)cc1F. The molecule has 0 unspecified atom stereocenters. The lowest BCUT2D eigenvalue weighted by molar-refractivity contribution is 0.412. The molecule has 0 amide bonds. The number of rotatable bonds is 5. The first-order chi connectivity index (χ1) is 8.24. The molecule has 7 heteroatoms. The van der Waals surface area contributed by atoms with E-state index in [0.29, 0.717) is 6.54 Å². The van der Waals surface area contributed by atoms with Crippen LogP contribution in [0.4, 0.5) is 10.1 Å². The summed E-state index contributed by atoms with van der Waals surface area (Å²) in [5, 5.41) is 0. The molecule has 3 N–H and O–H groups in total. The molecule has 18 heavy (non-hydrogen) atoms. The Bertz CT molecular complexity index is 506. The van der Waals surface area contributed by atoms with Crippen LogP contribution in [-0.4, -0.2) is 40.5 Å². The highest BCUT2D eigenvalue weighted by molar-refractivity contribution is 7.89. The maximum absolute atomic E-state index is 13.4. The van der Waals surface area contributed by atoms with Crippen molar-refractivity contribution in [2.24, 2.45) is 0 Å². The summed E-state index contributed by atoms with van der Waals surface area (Å²) in [6.45, 7) is 2.31. The van der Waals surface area contributed by atoms with Gasteiger partial charge in [-0.15, -0.1) is 0 Å². The number of nitrogens with one attached hydrogen (secondary N) is 1. The van der Waals surface area contributed by atoms with E-state index in [2.05, 4.69) is 4.72 Å². The predicted molar refractivity (Wildman–Crippen MR) is 69.3 cm³/mol. The molecule has 0 saturated carbocycles. The average Bonchev–Trinajstić information content (AvgIpc) is 2.24. The van der Waals surface area contributed by atoms with Gasteiger partial charge in [-0.3, -0.25) is 0 Å². The molecule has 0 aromatic heterocycles. The van der Waals surface area contributed by atoms with Crippen LogP contribution in [0.2, 0.25) is 0 Å². The zero-order valence-electron chi connectivity index (χ0n) is 10.7. The van der Waals surface area contributed by atoms with Crippen LogP contribution in [0.1, 0.15) is 5.56 Å². The second-order valence-electron chi connectivity index (χ2n) is 4.32. The van der Waals surface area contributed by atoms with Crippen molar-refractivity contribution in [3.63, 3.8) is 0 Å². The van der Waals surface area contributed by atoms with Gasteiger partial charge in [-0.25, -0.2) is 17.5 Å². The first-order valence-corrected chi connectivity index (χ1v) is 6.92. The van der Waals surface area contributed by atoms with Crippen LogP contribution < -0.4 is 10.5 Å². The Morgan fingerprint density at radius 3 is 2.50 bits per heavy atom. The fraction of sp³-hybridized carbons (Fsp3) is 0.455. The molecule has 102 valence electrons. The Balaban J connectivity index is 2.92. The van der Waals surface area contributed by atoms with E-state index in [1.807, 2.05) is 19.0 Å². The molecule has 1 rings (SSSR count). The van der Waals surface area contributed by atoms with E-state index in [9.17, 15) is 12.8 Å². The van der Waals surface area contributed by atoms with Gasteiger partial charge in [0.2, 0.25) is 10.0 Å². The molecule has 0 saturated heterocycles. The molecule has 0 heterocycles. The fourth-order valence-electron chi connectivity index (χ4n) is 1.32. The molecular weight excluding hydrogens is 257 g/mol. The normalized spacial score (nSPS) is 12.1. The Kier molecular flexibility index (Phi) is 4.66. The molecule has 1 aromatic rings. The molecule has 0 radical (unpaired) electrons. The summed E-state index contributed by atoms with van der Waals surface area (Å²) >= 11 is 0. The van der Waals surface area contributed by atoms with Gasteiger partial charge in [-0.1, -0.05) is 0 Å². The van der Waals surface area contributed by atoms with Gasteiger partial charge in [-0.05, 0) is 33.2 Å². The maximum atomic E-state index is 13.4. The van der Waals surface area contributed by atoms with Crippen LogP contribution in [-0.2, 0) is 10.0 Å². The summed E-state index contributed by atoms with van der Waals surface area (Å²) < 4.78 is 39.6. The first kappa shape index (κ1) is 14.9. The number of anilines is 1. The summed E-state index contributed by atoms with van der Waals surface area (Å²) in [5.41, 5.74) is 5.93. The number of hydrogen-bond acceptors (Lipinski definition) is 4. The molecule has 0 aliphatic heterocycles. The highest BCUT2D eigenvalue weighted by atomic mass is 32.2. The minimum atomic E-state index is -3.71. The zero-order chi connectivity index (χ0) is 13.9. The van der Waals surface area contributed by atoms with Crippen LogP contribution >= 0.6 is 0 Å². The lowest BCUT2D eigenvalue weighted by Gasteiger charge is -2.12. The van der Waals surface area contributed by atoms with Crippen molar-refractivity contribution < 1.29 is 12.8 Å². The largest absolute Gasteiger partial charge is 0.398 e. The first-order valence-electron chi connectivity index (χ1n) is 5.44. The summed E-state index contributed by atoms with van der Waals surface area (Å²) in [6, 6.07) is 2.24. The lowest BCUT2D eigenvalue weighted by atomic mass is 10.2. The number of nitrogen functional groups attached to an aromatic ring is 1. The minimum Gasteiger partial charge on any atom is -0.398 e. The molecule has 0 bridgehead atoms. The number of hydrogen-bond donors (Lipinski definition) is 2. The van der Waals surface area contributed by atoms with Gasteiger partial charge >= 0.3 is 0 Å². The van der Waals surface area contributed by atoms with Crippen LogP contribution in [0.3, 0.4) is 0 Å². The van der Waals surface area contributed by atoms with Gasteiger partial charge in [0, 0.05) is 24.3 Å². The Morgan fingerprint density at radius 1 is 1.39 bits per heavy atom. The van der Waals surface area contributed by atoms with Crippen molar-refractivity contribution in [3.8, 4) is 0 Å². The smallest absolute Gasteiger partial charge is 0.240 e. The quantitative estimate of drug-likeness (QED) is 0.770. The predicted octanol–water partition coefficient (Wildman–Crippen LogP) is 0.556. The fourth-order valence-corrected chi connectivity index (χ4v) is 2.38. The maximum Gasteiger partial charge on any atom is 0.240 e. The van der Waals surface area contributed by atoms with Gasteiger partial charge in [0.05, 0.1) is 4.90 Å². The lowest BCUT2D eigenvalue weighted by Crippen LogP contribution is -2.31. The van der Waals surface area contributed by atoms with E-state index < -0.39 is 15.8 Å². The van der Waals surface area contributed by atoms with E-state index in [0.717, 1.165) is 6.07 Å². The van der Waals surface area contributed by atoms with Crippen molar-refractivity contribution in [2.45, 2.75) is 11.8 Å². The molecule has 0 fully saturated rings. The number of halogens is 1. The molecule has 0 aliphatic rings. The van der Waals surface area contributed by atoms with Gasteiger partial charge in [0.15, 0.2) is 0 Å². The van der Waals surface area contributed by atoms with Crippen molar-refractivity contribution in [3.05, 3.63) is 23.5 Å². The topological polar surface area (TPSA) is 75.4 Å². The van der Waals surface area contributed by atoms with E-state index in [4.69, 9.17) is 5.73 Å². The summed E-state index contributed by atoms with van der Waals surface area (Å²) in [7, 11) is -0.0520. The van der Waals surface area contributed by atoms with Gasteiger partial charge in [0.1, 0.15) is 5.82 Å². The van der Waals surface area contributed by atoms with Crippen LogP contribution in [0.5, 0.6) is 0 Å². The van der Waals surface area contributed by atoms with Crippen LogP contribution in [0, 0.1) is 12.7 Å². The Hall–Kier alpha value is -1.18. The standard InChI is InChI=1S/C11H18FN3O2S/c1-8-10(12)6-9(7-11(8)13)18(16,17)14-4-5-15(2)3/h6-7,14H,4-5,13H2,1-3H3. The van der Waals surface area contributed by atoms with Gasteiger partial charge < -0.3 is 10.6 Å². The third-order valence-electron chi connectivity index (χ3n) is 2.52. The molecule has 0 atom stereocenters. The summed E-state index contributed by atoms with van der Waals surface area (Å²) in [4.78, 5) is 1.69. The third-order valence-corrected chi connectivity index (χ3v) is 3.96. The number of sulfonamides is 1. The molecule has 1 aromatic carbocycles. The zero-order valence-corrected chi connectivity index (χ0v) is 11.5. The molecule has 5 nitrogen and oxygen atoms in total. The monoisotopic (exact) mass is 275 g/mol. The molecule has 0 spiro atoms. The molecular formula is C11H18FN3O2S. The average molecular weight is 275 g/mol. The van der Waals surface area contributed by atoms with E-state index in [1.54, 1.807) is 0 Å². The van der Waals surface area contributed by atoms with Crippen LogP contribution in [0.15, 0.2) is 17.0 Å². The summed E-state index contributed by atoms with van der Waals surface area (Å²) in [6.07, 6.45) is 0. The Morgan fingerprint density at radius 2 is 2.00 bits per heavy atom. The second kappa shape index (κ2) is 5.64. The molecule has 0 aliphatic carbocycles. The van der Waals surface area contributed by atoms with Crippen LogP contribution in [0.25, 0.3) is 0 Å². The number of nitrogens with zero attached hydrogens (tertiary/aromatic N) is 1. The van der Waals surface area contributed by atoms with Crippen molar-refractivity contribution in [1.82, 2.24) is 9.62 Å². The number of benzene rings is 1. The highest BCUT2D eigenvalue weighted by Crippen LogP contribution is 2.20. The van der Waals surface area contributed by atoms with E-state index >= 15 is 0 Å². The second-order valence-corrected chi connectivity index (χ2v) is 6.09. The highest BCUT2D eigenvalue weighted by Gasteiger charge is 2.16. The van der Waals surface area contributed by atoms with E-state index in [-0.39, 0.29) is 22.7 Å². The van der Waals surface area contributed by atoms with Gasteiger partial charge in [-0.2, -0.15) is 0 Å². The third kappa shape index (κ3) is 3.66. The van der Waals surface area contributed by atoms with Gasteiger partial charge in [0.25, 0.3) is 0 Å². The minimum absolute atomic E-state index is 0.128. The van der Waals surface area contributed by atoms with E-state index in [1.165, 1.54) is 13.0 Å².